The second-order valence-electron chi connectivity index (χ2n) is 29.8. The maximum absolute atomic E-state index is 12.9. The zero-order valence-electron chi connectivity index (χ0n) is 67.3. The lowest BCUT2D eigenvalue weighted by atomic mass is 10.0. The van der Waals surface area contributed by atoms with Crippen molar-refractivity contribution in [3.05, 3.63) is 134 Å². The Kier molecular flexibility index (Phi) is 78.2. The van der Waals surface area contributed by atoms with E-state index >= 15 is 0 Å². The van der Waals surface area contributed by atoms with Crippen LogP contribution in [0.3, 0.4) is 0 Å². The molecule has 0 aliphatic rings. The highest BCUT2D eigenvalue weighted by molar-refractivity contribution is 7.45. The predicted molar refractivity (Wildman–Crippen MR) is 443 cm³/mol. The Morgan fingerprint density at radius 1 is 0.314 bits per heavy atom. The van der Waals surface area contributed by atoms with Crippen LogP contribution in [0.2, 0.25) is 0 Å². The fourth-order valence-corrected chi connectivity index (χ4v) is 12.9. The summed E-state index contributed by atoms with van der Waals surface area (Å²) < 4.78 is 34.5. The first-order valence-corrected chi connectivity index (χ1v) is 44.4. The van der Waals surface area contributed by atoms with Crippen LogP contribution in [0.25, 0.3) is 0 Å². The number of phosphoric acid groups is 1. The van der Waals surface area contributed by atoms with E-state index in [-0.39, 0.29) is 32.0 Å². The van der Waals surface area contributed by atoms with Crippen molar-refractivity contribution < 1.29 is 42.1 Å². The summed E-state index contributed by atoms with van der Waals surface area (Å²) in [7, 11) is 1.17. The van der Waals surface area contributed by atoms with Gasteiger partial charge in [-0.25, -0.2) is 0 Å². The van der Waals surface area contributed by atoms with Crippen LogP contribution in [0.5, 0.6) is 0 Å². The number of carbonyl (C=O) groups excluding carboxylic acids is 2. The molecular weight excluding hydrogens is 1280 g/mol. The van der Waals surface area contributed by atoms with Gasteiger partial charge < -0.3 is 27.9 Å². The molecule has 0 fully saturated rings. The van der Waals surface area contributed by atoms with Gasteiger partial charge in [-0.15, -0.1) is 0 Å². The van der Waals surface area contributed by atoms with E-state index in [0.29, 0.717) is 17.4 Å². The summed E-state index contributed by atoms with van der Waals surface area (Å²) in [4.78, 5) is 38.2. The minimum Gasteiger partial charge on any atom is -0.756 e. The van der Waals surface area contributed by atoms with Crippen LogP contribution in [0, 0.1) is 0 Å². The van der Waals surface area contributed by atoms with Crippen LogP contribution < -0.4 is 4.89 Å². The molecular formula is C92H162NO8P. The number of hydrogen-bond acceptors (Lipinski definition) is 8. The fraction of sp³-hybridized carbons (Fsp3) is 0.739. The summed E-state index contributed by atoms with van der Waals surface area (Å²) in [6.07, 6.45) is 119. The van der Waals surface area contributed by atoms with Gasteiger partial charge in [0, 0.05) is 12.8 Å². The minimum absolute atomic E-state index is 0.0346. The van der Waals surface area contributed by atoms with E-state index in [1.165, 1.54) is 244 Å². The topological polar surface area (TPSA) is 111 Å². The number of nitrogens with zero attached hydrogens (tertiary/aromatic N) is 1. The lowest BCUT2D eigenvalue weighted by Gasteiger charge is -2.28. The summed E-state index contributed by atoms with van der Waals surface area (Å²) in [6.45, 7) is 4.15. The molecule has 0 rings (SSSR count). The molecule has 0 aromatic rings. The summed E-state index contributed by atoms with van der Waals surface area (Å²) in [6, 6.07) is 0. The van der Waals surface area contributed by atoms with Gasteiger partial charge in [-0.3, -0.25) is 14.2 Å². The molecule has 0 radical (unpaired) electrons. The third kappa shape index (κ3) is 85.1. The molecule has 0 amide bonds. The molecule has 0 heterocycles. The van der Waals surface area contributed by atoms with Crippen molar-refractivity contribution in [2.75, 3.05) is 47.5 Å². The molecule has 0 N–H and O–H groups in total. The Morgan fingerprint density at radius 2 is 0.559 bits per heavy atom. The highest BCUT2D eigenvalue weighted by atomic mass is 31.2. The molecule has 0 aromatic carbocycles. The standard InChI is InChI=1S/C92H162NO8P/c1-6-8-10-12-14-16-18-20-22-24-26-28-30-32-34-36-38-40-42-44-46-48-50-52-54-56-58-60-62-64-66-68-70-72-74-76-78-80-82-84-91(94)98-88-90(89-100-102(96,97)99-87-86-93(3,4)5)101-92(95)85-83-81-79-77-75-73-71-69-67-65-63-61-59-57-55-53-51-49-47-45-43-41-39-37-35-33-31-29-27-25-23-21-19-17-15-13-11-9-7-2/h9,11,15,17-18,20-21,23-24,26-27,29,33,35,39,41,45,47,51,53,57,59,90H,6-8,10,12-14,16,19,22,25,28,30-32,34,36-38,40,42-44,46,48-50,52,54-56,58,60-89H2,1-5H3/b11-9-,17-15-,20-18-,23-21-,26-24-,29-27-,35-33-,41-39-,47-45-,53-51-,59-57-. The van der Waals surface area contributed by atoms with Crippen molar-refractivity contribution in [3.8, 4) is 0 Å². The third-order valence-electron chi connectivity index (χ3n) is 18.7. The molecule has 0 spiro atoms. The van der Waals surface area contributed by atoms with Crippen molar-refractivity contribution in [2.45, 2.75) is 392 Å². The highest BCUT2D eigenvalue weighted by Crippen LogP contribution is 2.38. The smallest absolute Gasteiger partial charge is 0.306 e. The molecule has 588 valence electrons. The molecule has 2 atom stereocenters. The monoisotopic (exact) mass is 1440 g/mol. The van der Waals surface area contributed by atoms with Gasteiger partial charge >= 0.3 is 11.9 Å². The van der Waals surface area contributed by atoms with Gasteiger partial charge in [0.2, 0.25) is 0 Å². The second-order valence-corrected chi connectivity index (χ2v) is 31.2. The number of likely N-dealkylation sites (N-methyl/N-ethyl adjacent to an activating group) is 1. The number of unbranched alkanes of at least 4 members (excludes halogenated alkanes) is 43. The summed E-state index contributed by atoms with van der Waals surface area (Å²) in [5, 5.41) is 0. The number of ether oxygens (including phenoxy) is 2. The molecule has 102 heavy (non-hydrogen) atoms. The maximum atomic E-state index is 12.9. The Balaban J connectivity index is 3.95. The highest BCUT2D eigenvalue weighted by Gasteiger charge is 2.22. The molecule has 0 aromatic heterocycles. The van der Waals surface area contributed by atoms with Gasteiger partial charge in [0.15, 0.2) is 6.10 Å². The fourth-order valence-electron chi connectivity index (χ4n) is 12.2. The SMILES string of the molecule is CC/C=C\C/C=C\C/C=C\C/C=C\C/C=C\C/C=C\C/C=C\C/C=C\C/C=C\CCCCCCCCCCCCCC(=O)OC(COC(=O)CCCCCCCCCCCCCCCCCCCCCCCCCCCCC/C=C\C/C=C\CCCCCCC)COP(=O)([O-])OCC[N+](C)(C)C. The van der Waals surface area contributed by atoms with Gasteiger partial charge in [0.1, 0.15) is 19.8 Å². The maximum Gasteiger partial charge on any atom is 0.306 e. The second kappa shape index (κ2) is 81.2. The van der Waals surface area contributed by atoms with E-state index in [9.17, 15) is 19.0 Å². The molecule has 0 aliphatic heterocycles. The summed E-state index contributed by atoms with van der Waals surface area (Å²) in [5.74, 6) is -0.826. The Bertz CT molecular complexity index is 2190. The van der Waals surface area contributed by atoms with E-state index in [2.05, 4.69) is 148 Å². The number of esters is 2. The Labute approximate surface area is 631 Å². The van der Waals surface area contributed by atoms with Crippen molar-refractivity contribution in [2.24, 2.45) is 0 Å². The molecule has 0 bridgehead atoms. The Morgan fingerprint density at radius 3 is 0.833 bits per heavy atom. The van der Waals surface area contributed by atoms with Gasteiger partial charge in [-0.1, -0.05) is 392 Å². The van der Waals surface area contributed by atoms with Crippen LogP contribution in [0.15, 0.2) is 134 Å². The van der Waals surface area contributed by atoms with Crippen LogP contribution in [0.4, 0.5) is 0 Å². The average molecular weight is 1440 g/mol. The van der Waals surface area contributed by atoms with Crippen molar-refractivity contribution in [1.82, 2.24) is 0 Å². The number of allylic oxidation sites excluding steroid dienone is 22. The molecule has 0 aliphatic carbocycles. The average Bonchev–Trinajstić information content (AvgIpc) is 0.914. The van der Waals surface area contributed by atoms with Crippen LogP contribution in [0.1, 0.15) is 386 Å². The molecule has 10 heteroatoms. The van der Waals surface area contributed by atoms with E-state index in [4.69, 9.17) is 18.5 Å². The zero-order chi connectivity index (χ0) is 74.0. The summed E-state index contributed by atoms with van der Waals surface area (Å²) in [5.41, 5.74) is 0. The lowest BCUT2D eigenvalue weighted by Crippen LogP contribution is -2.37. The number of carbonyl (C=O) groups is 2. The van der Waals surface area contributed by atoms with E-state index < -0.39 is 26.5 Å². The minimum atomic E-state index is -4.65. The number of quaternary nitrogens is 1. The Hall–Kier alpha value is -3.85. The number of phosphoric ester groups is 1. The normalized spacial score (nSPS) is 13.7. The number of rotatable bonds is 79. The van der Waals surface area contributed by atoms with Gasteiger partial charge in [-0.2, -0.15) is 0 Å². The first-order valence-electron chi connectivity index (χ1n) is 42.9. The summed E-state index contributed by atoms with van der Waals surface area (Å²) >= 11 is 0. The van der Waals surface area contributed by atoms with Crippen LogP contribution in [-0.2, 0) is 32.7 Å². The molecule has 0 saturated heterocycles. The van der Waals surface area contributed by atoms with Gasteiger partial charge in [0.05, 0.1) is 27.7 Å². The largest absolute Gasteiger partial charge is 0.756 e. The van der Waals surface area contributed by atoms with E-state index in [1.807, 2.05) is 21.1 Å². The third-order valence-corrected chi connectivity index (χ3v) is 19.6. The quantitative estimate of drug-likeness (QED) is 0.0195. The molecule has 0 saturated carbocycles. The van der Waals surface area contributed by atoms with Crippen molar-refractivity contribution in [3.63, 3.8) is 0 Å². The first kappa shape index (κ1) is 98.2. The first-order chi connectivity index (χ1) is 50.0. The number of hydrogen-bond donors (Lipinski definition) is 0. The van der Waals surface area contributed by atoms with Crippen molar-refractivity contribution >= 4 is 19.8 Å². The van der Waals surface area contributed by atoms with E-state index in [0.717, 1.165) is 109 Å². The van der Waals surface area contributed by atoms with E-state index in [1.54, 1.807) is 0 Å². The van der Waals surface area contributed by atoms with Crippen molar-refractivity contribution in [1.29, 1.82) is 0 Å². The molecule has 2 unspecified atom stereocenters. The lowest BCUT2D eigenvalue weighted by molar-refractivity contribution is -0.870. The predicted octanol–water partition coefficient (Wildman–Crippen LogP) is 28.4. The van der Waals surface area contributed by atoms with Crippen LogP contribution in [-0.4, -0.2) is 70.0 Å². The van der Waals surface area contributed by atoms with Gasteiger partial charge in [0.25, 0.3) is 7.82 Å². The zero-order valence-corrected chi connectivity index (χ0v) is 68.2. The molecule has 9 nitrogen and oxygen atoms in total. The van der Waals surface area contributed by atoms with Crippen LogP contribution >= 0.6 is 7.82 Å². The van der Waals surface area contributed by atoms with Gasteiger partial charge in [-0.05, 0) is 116 Å².